The Morgan fingerprint density at radius 3 is 2.27 bits per heavy atom. The summed E-state index contributed by atoms with van der Waals surface area (Å²) in [5, 5.41) is 6.24. The molecule has 1 amide bonds. The van der Waals surface area contributed by atoms with Crippen molar-refractivity contribution < 1.29 is 17.7 Å². The normalized spacial score (nSPS) is 11.2. The molecular formula is C18H17N3O4S. The number of aryl methyl sites for hydroxylation is 2. The van der Waals surface area contributed by atoms with E-state index >= 15 is 0 Å². The van der Waals surface area contributed by atoms with Crippen LogP contribution in [-0.2, 0) is 10.0 Å². The average molecular weight is 371 g/mol. The fraction of sp³-hybridized carbons (Fsp3) is 0.111. The number of sulfonamides is 1. The summed E-state index contributed by atoms with van der Waals surface area (Å²) in [5.41, 5.74) is 1.83. The van der Waals surface area contributed by atoms with Crippen molar-refractivity contribution in [2.24, 2.45) is 0 Å². The Kier molecular flexibility index (Phi) is 4.77. The van der Waals surface area contributed by atoms with Crippen LogP contribution in [0.15, 0.2) is 64.1 Å². The van der Waals surface area contributed by atoms with Gasteiger partial charge in [0.1, 0.15) is 11.3 Å². The minimum Gasteiger partial charge on any atom is -0.361 e. The van der Waals surface area contributed by atoms with Gasteiger partial charge < -0.3 is 9.84 Å². The van der Waals surface area contributed by atoms with Crippen LogP contribution in [0.5, 0.6) is 0 Å². The lowest BCUT2D eigenvalue weighted by atomic mass is 10.2. The van der Waals surface area contributed by atoms with Gasteiger partial charge in [0, 0.05) is 0 Å². The Balaban J connectivity index is 1.86. The number of nitrogens with one attached hydrogen (secondary N) is 2. The lowest BCUT2D eigenvalue weighted by Gasteiger charge is -2.13. The number of hydrogen-bond donors (Lipinski definition) is 2. The summed E-state index contributed by atoms with van der Waals surface area (Å²) in [6, 6.07) is 13.0. The molecule has 0 unspecified atom stereocenters. The van der Waals surface area contributed by atoms with E-state index in [0.717, 1.165) is 5.56 Å². The predicted molar refractivity (Wildman–Crippen MR) is 97.6 cm³/mol. The molecule has 0 saturated carbocycles. The molecule has 0 aliphatic rings. The molecule has 0 spiro atoms. The maximum atomic E-state index is 12.6. The monoisotopic (exact) mass is 371 g/mol. The number of carbonyl (C=O) groups excluding carboxylic acids is 1. The van der Waals surface area contributed by atoms with E-state index in [4.69, 9.17) is 4.52 Å². The lowest BCUT2D eigenvalue weighted by molar-refractivity contribution is 0.102. The van der Waals surface area contributed by atoms with Gasteiger partial charge in [-0.05, 0) is 38.1 Å². The first kappa shape index (κ1) is 17.7. The summed E-state index contributed by atoms with van der Waals surface area (Å²) in [5.74, 6) is -0.0639. The highest BCUT2D eigenvalue weighted by atomic mass is 32.2. The second-order valence-corrected chi connectivity index (χ2v) is 7.40. The third-order valence-electron chi connectivity index (χ3n) is 3.75. The molecule has 2 aromatic carbocycles. The van der Waals surface area contributed by atoms with E-state index in [1.807, 2.05) is 6.92 Å². The Labute approximate surface area is 151 Å². The summed E-state index contributed by atoms with van der Waals surface area (Å²) in [4.78, 5) is 12.5. The molecule has 0 aliphatic heterocycles. The first-order valence-electron chi connectivity index (χ1n) is 7.78. The van der Waals surface area contributed by atoms with Crippen LogP contribution in [0, 0.1) is 13.8 Å². The van der Waals surface area contributed by atoms with E-state index in [9.17, 15) is 13.2 Å². The molecule has 3 rings (SSSR count). The lowest BCUT2D eigenvalue weighted by Crippen LogP contribution is -2.17. The van der Waals surface area contributed by atoms with E-state index in [1.165, 1.54) is 18.3 Å². The fourth-order valence-electron chi connectivity index (χ4n) is 2.31. The van der Waals surface area contributed by atoms with E-state index in [2.05, 4.69) is 15.2 Å². The summed E-state index contributed by atoms with van der Waals surface area (Å²) >= 11 is 0. The van der Waals surface area contributed by atoms with Crippen LogP contribution in [0.4, 0.5) is 11.4 Å². The Bertz CT molecular complexity index is 1040. The molecule has 0 saturated heterocycles. The molecule has 2 N–H and O–H groups in total. The molecule has 0 bridgehead atoms. The second kappa shape index (κ2) is 7.01. The number of carbonyl (C=O) groups is 1. The summed E-state index contributed by atoms with van der Waals surface area (Å²) < 4.78 is 32.6. The molecular weight excluding hydrogens is 354 g/mol. The van der Waals surface area contributed by atoms with Gasteiger partial charge in [-0.25, -0.2) is 8.42 Å². The number of anilines is 2. The SMILES string of the molecule is Cc1ccc(S(=O)(=O)Nc2ccccc2NC(=O)c2cnoc2C)cc1. The van der Waals surface area contributed by atoms with E-state index in [0.29, 0.717) is 11.4 Å². The van der Waals surface area contributed by atoms with Crippen LogP contribution in [-0.4, -0.2) is 19.5 Å². The number of rotatable bonds is 5. The first-order chi connectivity index (χ1) is 12.4. The second-order valence-electron chi connectivity index (χ2n) is 5.71. The number of aromatic nitrogens is 1. The first-order valence-corrected chi connectivity index (χ1v) is 9.26. The number of benzene rings is 2. The number of hydrogen-bond acceptors (Lipinski definition) is 5. The highest BCUT2D eigenvalue weighted by Crippen LogP contribution is 2.25. The van der Waals surface area contributed by atoms with Crippen LogP contribution in [0.3, 0.4) is 0 Å². The zero-order chi connectivity index (χ0) is 18.7. The van der Waals surface area contributed by atoms with E-state index < -0.39 is 15.9 Å². The molecule has 7 nitrogen and oxygen atoms in total. The van der Waals surface area contributed by atoms with Crippen molar-refractivity contribution in [2.45, 2.75) is 18.7 Å². The minimum atomic E-state index is -3.78. The molecule has 8 heteroatoms. The zero-order valence-corrected chi connectivity index (χ0v) is 15.0. The van der Waals surface area contributed by atoms with Crippen molar-refractivity contribution in [3.63, 3.8) is 0 Å². The van der Waals surface area contributed by atoms with Crippen LogP contribution in [0.2, 0.25) is 0 Å². The molecule has 26 heavy (non-hydrogen) atoms. The van der Waals surface area contributed by atoms with Crippen molar-refractivity contribution in [1.82, 2.24) is 5.16 Å². The molecule has 0 radical (unpaired) electrons. The van der Waals surface area contributed by atoms with Gasteiger partial charge in [0.25, 0.3) is 15.9 Å². The van der Waals surface area contributed by atoms with Gasteiger partial charge in [0.15, 0.2) is 0 Å². The van der Waals surface area contributed by atoms with E-state index in [1.54, 1.807) is 43.3 Å². The zero-order valence-electron chi connectivity index (χ0n) is 14.2. The third-order valence-corrected chi connectivity index (χ3v) is 5.13. The number of nitrogens with zero attached hydrogens (tertiary/aromatic N) is 1. The maximum absolute atomic E-state index is 12.6. The number of amides is 1. The van der Waals surface area contributed by atoms with Crippen molar-refractivity contribution >= 4 is 27.3 Å². The number of para-hydroxylation sites is 2. The fourth-order valence-corrected chi connectivity index (χ4v) is 3.39. The molecule has 0 fully saturated rings. The van der Waals surface area contributed by atoms with Crippen LogP contribution in [0.25, 0.3) is 0 Å². The Morgan fingerprint density at radius 1 is 1.00 bits per heavy atom. The largest absolute Gasteiger partial charge is 0.361 e. The predicted octanol–water partition coefficient (Wildman–Crippen LogP) is 3.34. The maximum Gasteiger partial charge on any atom is 0.261 e. The van der Waals surface area contributed by atoms with Crippen molar-refractivity contribution in [2.75, 3.05) is 10.0 Å². The standard InChI is InChI=1S/C18H17N3O4S/c1-12-7-9-14(10-8-12)26(23,24)21-17-6-4-3-5-16(17)20-18(22)15-11-19-25-13(15)2/h3-11,21H,1-2H3,(H,20,22). The van der Waals surface area contributed by atoms with Crippen LogP contribution in [0.1, 0.15) is 21.7 Å². The molecule has 1 aromatic heterocycles. The van der Waals surface area contributed by atoms with Gasteiger partial charge in [-0.15, -0.1) is 0 Å². The highest BCUT2D eigenvalue weighted by molar-refractivity contribution is 7.92. The van der Waals surface area contributed by atoms with Crippen molar-refractivity contribution in [1.29, 1.82) is 0 Å². The smallest absolute Gasteiger partial charge is 0.261 e. The highest BCUT2D eigenvalue weighted by Gasteiger charge is 2.18. The summed E-state index contributed by atoms with van der Waals surface area (Å²) in [7, 11) is -3.78. The van der Waals surface area contributed by atoms with Gasteiger partial charge in [-0.1, -0.05) is 35.0 Å². The van der Waals surface area contributed by atoms with E-state index in [-0.39, 0.29) is 16.1 Å². The van der Waals surface area contributed by atoms with Gasteiger partial charge in [0.05, 0.1) is 22.5 Å². The minimum absolute atomic E-state index is 0.138. The molecule has 134 valence electrons. The van der Waals surface area contributed by atoms with Crippen molar-refractivity contribution in [3.05, 3.63) is 71.6 Å². The Morgan fingerprint density at radius 2 is 1.65 bits per heavy atom. The third kappa shape index (κ3) is 3.75. The van der Waals surface area contributed by atoms with Gasteiger partial charge in [-0.2, -0.15) is 0 Å². The topological polar surface area (TPSA) is 101 Å². The molecule has 0 aliphatic carbocycles. The van der Waals surface area contributed by atoms with Gasteiger partial charge in [-0.3, -0.25) is 9.52 Å². The van der Waals surface area contributed by atoms with Gasteiger partial charge >= 0.3 is 0 Å². The van der Waals surface area contributed by atoms with Crippen molar-refractivity contribution in [3.8, 4) is 0 Å². The molecule has 0 atom stereocenters. The average Bonchev–Trinajstić information content (AvgIpc) is 3.03. The molecule has 1 heterocycles. The summed E-state index contributed by atoms with van der Waals surface area (Å²) in [6.07, 6.45) is 1.31. The van der Waals surface area contributed by atoms with Crippen LogP contribution >= 0.6 is 0 Å². The summed E-state index contributed by atoms with van der Waals surface area (Å²) in [6.45, 7) is 3.50. The molecule has 3 aromatic rings. The van der Waals surface area contributed by atoms with Gasteiger partial charge in [0.2, 0.25) is 0 Å². The Hall–Kier alpha value is -3.13. The van der Waals surface area contributed by atoms with Crippen LogP contribution < -0.4 is 10.0 Å². The quantitative estimate of drug-likeness (QED) is 0.716.